The Morgan fingerprint density at radius 1 is 1.25 bits per heavy atom. The molecule has 20 heavy (non-hydrogen) atoms. The van der Waals surface area contributed by atoms with E-state index >= 15 is 0 Å². The Morgan fingerprint density at radius 3 is 2.80 bits per heavy atom. The van der Waals surface area contributed by atoms with Crippen LogP contribution in [0.15, 0.2) is 46.9 Å². The van der Waals surface area contributed by atoms with E-state index in [4.69, 9.17) is 10.00 Å². The van der Waals surface area contributed by atoms with Gasteiger partial charge in [0.05, 0.1) is 4.47 Å². The lowest BCUT2D eigenvalue weighted by atomic mass is 10.2. The SMILES string of the molecule is N#CCOc1ccccc1CNc1ccc(Br)c(F)c1. The van der Waals surface area contributed by atoms with E-state index in [-0.39, 0.29) is 12.4 Å². The molecule has 0 radical (unpaired) electrons. The minimum absolute atomic E-state index is 0.00389. The van der Waals surface area contributed by atoms with Crippen LogP contribution < -0.4 is 10.1 Å². The van der Waals surface area contributed by atoms with Gasteiger partial charge in [0, 0.05) is 17.8 Å². The van der Waals surface area contributed by atoms with Gasteiger partial charge in [-0.05, 0) is 40.2 Å². The van der Waals surface area contributed by atoms with Crippen molar-refractivity contribution in [1.29, 1.82) is 5.26 Å². The molecule has 0 bridgehead atoms. The van der Waals surface area contributed by atoms with Crippen LogP contribution in [0.4, 0.5) is 10.1 Å². The van der Waals surface area contributed by atoms with Gasteiger partial charge in [-0.15, -0.1) is 0 Å². The Labute approximate surface area is 125 Å². The molecule has 0 aliphatic carbocycles. The lowest BCUT2D eigenvalue weighted by Crippen LogP contribution is -2.03. The minimum atomic E-state index is -0.316. The van der Waals surface area contributed by atoms with Gasteiger partial charge in [-0.1, -0.05) is 18.2 Å². The zero-order chi connectivity index (χ0) is 14.4. The number of nitrogens with zero attached hydrogens (tertiary/aromatic N) is 1. The normalized spacial score (nSPS) is 9.85. The van der Waals surface area contributed by atoms with Crippen molar-refractivity contribution in [3.8, 4) is 11.8 Å². The average Bonchev–Trinajstić information content (AvgIpc) is 2.47. The number of nitrogens with one attached hydrogen (secondary N) is 1. The highest BCUT2D eigenvalue weighted by atomic mass is 79.9. The van der Waals surface area contributed by atoms with Crippen molar-refractivity contribution >= 4 is 21.6 Å². The number of rotatable bonds is 5. The van der Waals surface area contributed by atoms with Crippen molar-refractivity contribution in [3.63, 3.8) is 0 Å². The lowest BCUT2D eigenvalue weighted by Gasteiger charge is -2.11. The maximum atomic E-state index is 13.4. The number of ether oxygens (including phenoxy) is 1. The second-order valence-corrected chi connectivity index (χ2v) is 4.89. The molecule has 102 valence electrons. The molecule has 0 saturated carbocycles. The Hall–Kier alpha value is -2.06. The summed E-state index contributed by atoms with van der Waals surface area (Å²) in [7, 11) is 0. The Balaban J connectivity index is 2.06. The number of nitriles is 1. The zero-order valence-corrected chi connectivity index (χ0v) is 12.2. The summed E-state index contributed by atoms with van der Waals surface area (Å²) in [6, 6.07) is 14.2. The summed E-state index contributed by atoms with van der Waals surface area (Å²) in [6.45, 7) is 0.493. The fraction of sp³-hybridized carbons (Fsp3) is 0.133. The second kappa shape index (κ2) is 6.92. The Morgan fingerprint density at radius 2 is 2.05 bits per heavy atom. The standard InChI is InChI=1S/C15H12BrFN2O/c16-13-6-5-12(9-14(13)17)19-10-11-3-1-2-4-15(11)20-8-7-18/h1-6,9,19H,8,10H2. The molecule has 3 nitrogen and oxygen atoms in total. The summed E-state index contributed by atoms with van der Waals surface area (Å²) in [4.78, 5) is 0. The highest BCUT2D eigenvalue weighted by Crippen LogP contribution is 2.22. The quantitative estimate of drug-likeness (QED) is 0.895. The first-order chi connectivity index (χ1) is 9.70. The fourth-order valence-electron chi connectivity index (χ4n) is 1.70. The molecule has 0 aliphatic rings. The molecule has 0 aromatic heterocycles. The van der Waals surface area contributed by atoms with Gasteiger partial charge in [0.25, 0.3) is 0 Å². The van der Waals surface area contributed by atoms with Gasteiger partial charge in [-0.3, -0.25) is 0 Å². The van der Waals surface area contributed by atoms with Crippen LogP contribution in [0.2, 0.25) is 0 Å². The highest BCUT2D eigenvalue weighted by molar-refractivity contribution is 9.10. The van der Waals surface area contributed by atoms with Crippen LogP contribution in [-0.2, 0) is 6.54 Å². The third-order valence-electron chi connectivity index (χ3n) is 2.67. The van der Waals surface area contributed by atoms with Gasteiger partial charge >= 0.3 is 0 Å². The van der Waals surface area contributed by atoms with Crippen molar-refractivity contribution in [2.45, 2.75) is 6.54 Å². The average molecular weight is 335 g/mol. The van der Waals surface area contributed by atoms with E-state index in [2.05, 4.69) is 21.2 Å². The maximum Gasteiger partial charge on any atom is 0.174 e. The van der Waals surface area contributed by atoms with Crippen LogP contribution in [0.25, 0.3) is 0 Å². The molecule has 0 amide bonds. The fourth-order valence-corrected chi connectivity index (χ4v) is 1.95. The van der Waals surface area contributed by atoms with E-state index in [0.717, 1.165) is 5.56 Å². The van der Waals surface area contributed by atoms with Gasteiger partial charge in [-0.2, -0.15) is 5.26 Å². The molecular formula is C15H12BrFN2O. The van der Waals surface area contributed by atoms with Gasteiger partial charge in [0.1, 0.15) is 17.6 Å². The van der Waals surface area contributed by atoms with E-state index in [9.17, 15) is 4.39 Å². The number of para-hydroxylation sites is 1. The highest BCUT2D eigenvalue weighted by Gasteiger charge is 2.04. The molecule has 0 atom stereocenters. The molecular weight excluding hydrogens is 323 g/mol. The second-order valence-electron chi connectivity index (χ2n) is 4.04. The molecule has 0 heterocycles. The molecule has 5 heteroatoms. The van der Waals surface area contributed by atoms with Gasteiger partial charge in [-0.25, -0.2) is 4.39 Å². The minimum Gasteiger partial charge on any atom is -0.478 e. The van der Waals surface area contributed by atoms with Crippen molar-refractivity contribution < 1.29 is 9.13 Å². The van der Waals surface area contributed by atoms with Crippen molar-refractivity contribution in [1.82, 2.24) is 0 Å². The Kier molecular flexibility index (Phi) is 4.97. The molecule has 2 rings (SSSR count). The number of hydrogen-bond acceptors (Lipinski definition) is 3. The third-order valence-corrected chi connectivity index (χ3v) is 3.31. The van der Waals surface area contributed by atoms with E-state index in [1.807, 2.05) is 24.3 Å². The summed E-state index contributed by atoms with van der Waals surface area (Å²) in [5.74, 6) is 0.336. The molecule has 2 aromatic rings. The molecule has 0 saturated heterocycles. The topological polar surface area (TPSA) is 45.0 Å². The summed E-state index contributed by atoms with van der Waals surface area (Å²) >= 11 is 3.11. The molecule has 0 unspecified atom stereocenters. The third kappa shape index (κ3) is 3.72. The monoisotopic (exact) mass is 334 g/mol. The first kappa shape index (κ1) is 14.4. The predicted molar refractivity (Wildman–Crippen MR) is 79.0 cm³/mol. The van der Waals surface area contributed by atoms with Gasteiger partial charge in [0.15, 0.2) is 6.61 Å². The van der Waals surface area contributed by atoms with Crippen LogP contribution in [0.5, 0.6) is 5.75 Å². The lowest BCUT2D eigenvalue weighted by molar-refractivity contribution is 0.364. The van der Waals surface area contributed by atoms with Crippen LogP contribution >= 0.6 is 15.9 Å². The molecule has 0 fully saturated rings. The number of hydrogen-bond donors (Lipinski definition) is 1. The summed E-state index contributed by atoms with van der Waals surface area (Å²) in [5, 5.41) is 11.7. The molecule has 1 N–H and O–H groups in total. The van der Waals surface area contributed by atoms with Crippen LogP contribution in [0.3, 0.4) is 0 Å². The largest absolute Gasteiger partial charge is 0.478 e. The number of anilines is 1. The van der Waals surface area contributed by atoms with Crippen molar-refractivity contribution in [2.24, 2.45) is 0 Å². The zero-order valence-electron chi connectivity index (χ0n) is 10.6. The first-order valence-electron chi connectivity index (χ1n) is 5.97. The molecule has 0 spiro atoms. The number of halogens is 2. The Bertz CT molecular complexity index is 640. The molecule has 0 aliphatic heterocycles. The van der Waals surface area contributed by atoms with E-state index in [1.165, 1.54) is 6.07 Å². The predicted octanol–water partition coefficient (Wildman–Crippen LogP) is 4.10. The summed E-state index contributed by atoms with van der Waals surface area (Å²) in [5.41, 5.74) is 1.59. The van der Waals surface area contributed by atoms with Crippen LogP contribution in [0, 0.1) is 17.1 Å². The van der Waals surface area contributed by atoms with Crippen LogP contribution in [0.1, 0.15) is 5.56 Å². The first-order valence-corrected chi connectivity index (χ1v) is 6.76. The molecule has 2 aromatic carbocycles. The van der Waals surface area contributed by atoms with E-state index < -0.39 is 0 Å². The maximum absolute atomic E-state index is 13.4. The van der Waals surface area contributed by atoms with Gasteiger partial charge < -0.3 is 10.1 Å². The number of benzene rings is 2. The van der Waals surface area contributed by atoms with E-state index in [1.54, 1.807) is 18.2 Å². The van der Waals surface area contributed by atoms with Gasteiger partial charge in [0.2, 0.25) is 0 Å². The summed E-state index contributed by atoms with van der Waals surface area (Å²) in [6.07, 6.45) is 0. The van der Waals surface area contributed by atoms with Crippen LogP contribution in [-0.4, -0.2) is 6.61 Å². The van der Waals surface area contributed by atoms with Crippen molar-refractivity contribution in [3.05, 3.63) is 58.3 Å². The van der Waals surface area contributed by atoms with E-state index in [0.29, 0.717) is 22.5 Å². The van der Waals surface area contributed by atoms with Crippen molar-refractivity contribution in [2.75, 3.05) is 11.9 Å². The smallest absolute Gasteiger partial charge is 0.174 e. The summed E-state index contributed by atoms with van der Waals surface area (Å²) < 4.78 is 19.2.